The molecule has 1 aliphatic rings. The van der Waals surface area contributed by atoms with E-state index in [0.29, 0.717) is 5.54 Å². The lowest BCUT2D eigenvalue weighted by atomic mass is 9.75. The average molecular weight is 275 g/mol. The smallest absolute Gasteiger partial charge is 0.0412 e. The monoisotopic (exact) mass is 275 g/mol. The predicted octanol–water partition coefficient (Wildman–Crippen LogP) is 3.02. The molecule has 1 fully saturated rings. The van der Waals surface area contributed by atoms with Crippen LogP contribution < -0.4 is 10.6 Å². The summed E-state index contributed by atoms with van der Waals surface area (Å²) in [6.07, 6.45) is 4.92. The fourth-order valence-electron chi connectivity index (χ4n) is 3.23. The van der Waals surface area contributed by atoms with E-state index < -0.39 is 0 Å². The van der Waals surface area contributed by atoms with Gasteiger partial charge in [0.2, 0.25) is 0 Å². The first-order valence-corrected chi connectivity index (χ1v) is 7.73. The fraction of sp³-hybridized carbons (Fsp3) is 0.647. The molecule has 1 aromatic rings. The highest BCUT2D eigenvalue weighted by Crippen LogP contribution is 2.38. The molecule has 0 saturated heterocycles. The minimum Gasteiger partial charge on any atom is -0.372 e. The standard InChI is InChI=1S/C17H29N3/c1-5-15(18)14-9-6-7-10-16(14)20(4)13-17(19(2)3)11-8-12-17/h6-7,9-10,15H,5,8,11-13,18H2,1-4H3. The molecule has 0 bridgehead atoms. The molecule has 1 aliphatic carbocycles. The lowest BCUT2D eigenvalue weighted by molar-refractivity contribution is 0.0683. The van der Waals surface area contributed by atoms with E-state index in [1.807, 2.05) is 0 Å². The Balaban J connectivity index is 2.19. The van der Waals surface area contributed by atoms with Crippen LogP contribution in [0.1, 0.15) is 44.2 Å². The first-order valence-electron chi connectivity index (χ1n) is 7.73. The highest BCUT2D eigenvalue weighted by atomic mass is 15.2. The van der Waals surface area contributed by atoms with Crippen LogP contribution in [0, 0.1) is 0 Å². The van der Waals surface area contributed by atoms with Gasteiger partial charge in [0.25, 0.3) is 0 Å². The minimum atomic E-state index is 0.130. The van der Waals surface area contributed by atoms with Crippen molar-refractivity contribution in [2.75, 3.05) is 32.6 Å². The molecule has 0 spiro atoms. The molecular weight excluding hydrogens is 246 g/mol. The Labute approximate surface area is 123 Å². The van der Waals surface area contributed by atoms with Crippen LogP contribution in [0.2, 0.25) is 0 Å². The Kier molecular flexibility index (Phi) is 4.71. The summed E-state index contributed by atoms with van der Waals surface area (Å²) in [6.45, 7) is 3.22. The van der Waals surface area contributed by atoms with Crippen LogP contribution in [0.15, 0.2) is 24.3 Å². The number of rotatable bonds is 6. The van der Waals surface area contributed by atoms with Crippen LogP contribution in [0.3, 0.4) is 0 Å². The second-order valence-corrected chi connectivity index (χ2v) is 6.40. The van der Waals surface area contributed by atoms with Crippen molar-refractivity contribution in [3.8, 4) is 0 Å². The third kappa shape index (κ3) is 2.84. The Morgan fingerprint density at radius 1 is 1.20 bits per heavy atom. The predicted molar refractivity (Wildman–Crippen MR) is 87.2 cm³/mol. The lowest BCUT2D eigenvalue weighted by Crippen LogP contribution is -2.56. The van der Waals surface area contributed by atoms with Gasteiger partial charge >= 0.3 is 0 Å². The number of anilines is 1. The number of hydrogen-bond acceptors (Lipinski definition) is 3. The van der Waals surface area contributed by atoms with Gasteiger partial charge in [0.15, 0.2) is 0 Å². The summed E-state index contributed by atoms with van der Waals surface area (Å²) in [5.74, 6) is 0. The molecule has 1 saturated carbocycles. The zero-order chi connectivity index (χ0) is 14.8. The van der Waals surface area contributed by atoms with Crippen LogP contribution in [0.25, 0.3) is 0 Å². The van der Waals surface area contributed by atoms with Crippen molar-refractivity contribution in [3.63, 3.8) is 0 Å². The second kappa shape index (κ2) is 6.15. The number of benzene rings is 1. The third-order valence-corrected chi connectivity index (χ3v) is 4.95. The summed E-state index contributed by atoms with van der Waals surface area (Å²) in [5.41, 5.74) is 9.17. The van der Waals surface area contributed by atoms with Crippen molar-refractivity contribution >= 4 is 5.69 Å². The van der Waals surface area contributed by atoms with Gasteiger partial charge in [-0.3, -0.25) is 0 Å². The number of para-hydroxylation sites is 1. The molecule has 20 heavy (non-hydrogen) atoms. The largest absolute Gasteiger partial charge is 0.372 e. The van der Waals surface area contributed by atoms with Gasteiger partial charge in [-0.2, -0.15) is 0 Å². The van der Waals surface area contributed by atoms with Gasteiger partial charge in [0, 0.05) is 30.9 Å². The van der Waals surface area contributed by atoms with Gasteiger partial charge in [-0.25, -0.2) is 0 Å². The van der Waals surface area contributed by atoms with Crippen LogP contribution in [-0.2, 0) is 0 Å². The molecule has 1 aromatic carbocycles. The van der Waals surface area contributed by atoms with Gasteiger partial charge < -0.3 is 15.5 Å². The van der Waals surface area contributed by atoms with E-state index in [1.165, 1.54) is 30.5 Å². The molecule has 1 atom stereocenters. The maximum atomic E-state index is 6.27. The van der Waals surface area contributed by atoms with Gasteiger partial charge in [-0.05, 0) is 51.4 Å². The molecule has 0 amide bonds. The van der Waals surface area contributed by atoms with E-state index >= 15 is 0 Å². The fourth-order valence-corrected chi connectivity index (χ4v) is 3.23. The molecule has 3 heteroatoms. The quantitative estimate of drug-likeness (QED) is 0.866. The Morgan fingerprint density at radius 3 is 2.35 bits per heavy atom. The highest BCUT2D eigenvalue weighted by molar-refractivity contribution is 5.54. The Morgan fingerprint density at radius 2 is 1.85 bits per heavy atom. The van der Waals surface area contributed by atoms with Crippen LogP contribution >= 0.6 is 0 Å². The minimum absolute atomic E-state index is 0.130. The SMILES string of the molecule is CCC(N)c1ccccc1N(C)CC1(N(C)C)CCC1. The van der Waals surface area contributed by atoms with Gasteiger partial charge in [0.1, 0.15) is 0 Å². The zero-order valence-electron chi connectivity index (χ0n) is 13.4. The molecule has 2 rings (SSSR count). The maximum absolute atomic E-state index is 6.27. The van der Waals surface area contributed by atoms with Crippen molar-refractivity contribution in [2.45, 2.75) is 44.2 Å². The summed E-state index contributed by atoms with van der Waals surface area (Å²) in [6, 6.07) is 8.70. The Hall–Kier alpha value is -1.06. The third-order valence-electron chi connectivity index (χ3n) is 4.95. The van der Waals surface area contributed by atoms with Crippen LogP contribution in [0.5, 0.6) is 0 Å². The number of nitrogens with zero attached hydrogens (tertiary/aromatic N) is 2. The van der Waals surface area contributed by atoms with Gasteiger partial charge in [-0.15, -0.1) is 0 Å². The molecular formula is C17H29N3. The number of hydrogen-bond donors (Lipinski definition) is 1. The molecule has 0 heterocycles. The molecule has 0 aromatic heterocycles. The topological polar surface area (TPSA) is 32.5 Å². The molecule has 112 valence electrons. The van der Waals surface area contributed by atoms with Crippen molar-refractivity contribution in [1.82, 2.24) is 4.90 Å². The van der Waals surface area contributed by atoms with E-state index in [4.69, 9.17) is 5.73 Å². The first-order chi connectivity index (χ1) is 9.50. The van der Waals surface area contributed by atoms with Gasteiger partial charge in [0.05, 0.1) is 0 Å². The highest BCUT2D eigenvalue weighted by Gasteiger charge is 2.40. The van der Waals surface area contributed by atoms with Crippen molar-refractivity contribution in [3.05, 3.63) is 29.8 Å². The summed E-state index contributed by atoms with van der Waals surface area (Å²) in [7, 11) is 6.61. The zero-order valence-corrected chi connectivity index (χ0v) is 13.4. The summed E-state index contributed by atoms with van der Waals surface area (Å²) in [5, 5.41) is 0. The molecule has 3 nitrogen and oxygen atoms in total. The average Bonchev–Trinajstić information content (AvgIpc) is 2.41. The van der Waals surface area contributed by atoms with E-state index in [-0.39, 0.29) is 6.04 Å². The summed E-state index contributed by atoms with van der Waals surface area (Å²) >= 11 is 0. The van der Waals surface area contributed by atoms with Gasteiger partial charge in [-0.1, -0.05) is 25.1 Å². The maximum Gasteiger partial charge on any atom is 0.0412 e. The number of nitrogens with two attached hydrogens (primary N) is 1. The lowest BCUT2D eigenvalue weighted by Gasteiger charge is -2.49. The second-order valence-electron chi connectivity index (χ2n) is 6.40. The first kappa shape index (κ1) is 15.3. The summed E-state index contributed by atoms with van der Waals surface area (Å²) < 4.78 is 0. The van der Waals surface area contributed by atoms with E-state index in [9.17, 15) is 0 Å². The van der Waals surface area contributed by atoms with Crippen LogP contribution in [0.4, 0.5) is 5.69 Å². The van der Waals surface area contributed by atoms with Crippen molar-refractivity contribution < 1.29 is 0 Å². The van der Waals surface area contributed by atoms with Crippen LogP contribution in [-0.4, -0.2) is 38.1 Å². The van der Waals surface area contributed by atoms with Crippen molar-refractivity contribution in [1.29, 1.82) is 0 Å². The normalized spacial score (nSPS) is 18.7. The molecule has 2 N–H and O–H groups in total. The van der Waals surface area contributed by atoms with E-state index in [2.05, 4.69) is 62.1 Å². The molecule has 0 radical (unpaired) electrons. The Bertz CT molecular complexity index is 438. The van der Waals surface area contributed by atoms with E-state index in [1.54, 1.807) is 0 Å². The molecule has 1 unspecified atom stereocenters. The van der Waals surface area contributed by atoms with E-state index in [0.717, 1.165) is 13.0 Å². The van der Waals surface area contributed by atoms with Crippen molar-refractivity contribution in [2.24, 2.45) is 5.73 Å². The summed E-state index contributed by atoms with van der Waals surface area (Å²) in [4.78, 5) is 4.79. The number of likely N-dealkylation sites (N-methyl/N-ethyl adjacent to an activating group) is 2. The molecule has 0 aliphatic heterocycles.